The predicted molar refractivity (Wildman–Crippen MR) is 123 cm³/mol. The minimum absolute atomic E-state index is 0.414. The lowest BCUT2D eigenvalue weighted by Crippen LogP contribution is -2.29. The number of anilines is 1. The number of imidazole rings is 1. The van der Waals surface area contributed by atoms with E-state index in [0.29, 0.717) is 18.3 Å². The van der Waals surface area contributed by atoms with E-state index >= 15 is 0 Å². The highest BCUT2D eigenvalue weighted by atomic mass is 16.5. The van der Waals surface area contributed by atoms with Crippen molar-refractivity contribution in [3.05, 3.63) is 78.4 Å². The maximum absolute atomic E-state index is 6.32. The molecule has 1 aliphatic heterocycles. The summed E-state index contributed by atoms with van der Waals surface area (Å²) >= 11 is 0. The molecule has 0 bridgehead atoms. The van der Waals surface area contributed by atoms with Crippen LogP contribution in [0.15, 0.2) is 67.0 Å². The molecule has 6 heteroatoms. The highest BCUT2D eigenvalue weighted by Gasteiger charge is 2.25. The number of aromatic nitrogens is 3. The van der Waals surface area contributed by atoms with Gasteiger partial charge in [-0.1, -0.05) is 42.5 Å². The molecule has 4 aromatic rings. The molecule has 0 saturated carbocycles. The van der Waals surface area contributed by atoms with Crippen LogP contribution < -0.4 is 10.5 Å². The molecule has 0 radical (unpaired) electrons. The van der Waals surface area contributed by atoms with E-state index in [9.17, 15) is 0 Å². The molecule has 0 unspecified atom stereocenters. The van der Waals surface area contributed by atoms with Crippen LogP contribution in [0.2, 0.25) is 0 Å². The van der Waals surface area contributed by atoms with Crippen LogP contribution in [0.25, 0.3) is 16.8 Å². The number of rotatable bonds is 5. The van der Waals surface area contributed by atoms with Gasteiger partial charge in [0.05, 0.1) is 0 Å². The Hall–Kier alpha value is -3.38. The van der Waals surface area contributed by atoms with Crippen LogP contribution in [0.1, 0.15) is 30.1 Å². The number of ether oxygens (including phenoxy) is 1. The van der Waals surface area contributed by atoms with E-state index in [2.05, 4.69) is 39.5 Å². The fourth-order valence-electron chi connectivity index (χ4n) is 4.32. The summed E-state index contributed by atoms with van der Waals surface area (Å²) < 4.78 is 8.17. The standard InChI is InChI=1S/C25H27N5O/c1-29-13-10-19(11-14-29)25-28-22(23-24(26)27-12-15-30(23)25)20-8-5-9-21(16-20)31-17-18-6-3-2-4-7-18/h2-9,12,15-16,19H,10-11,13-14,17H2,1H3,(H2,26,27). The van der Waals surface area contributed by atoms with Gasteiger partial charge in [-0.15, -0.1) is 0 Å². The second kappa shape index (κ2) is 8.40. The van der Waals surface area contributed by atoms with E-state index in [4.69, 9.17) is 15.5 Å². The zero-order valence-electron chi connectivity index (χ0n) is 17.7. The normalized spacial score (nSPS) is 15.4. The first-order chi connectivity index (χ1) is 15.2. The number of nitrogens with two attached hydrogens (primary N) is 1. The zero-order chi connectivity index (χ0) is 21.2. The number of fused-ring (bicyclic) bond motifs is 1. The van der Waals surface area contributed by atoms with Crippen molar-refractivity contribution in [2.45, 2.75) is 25.4 Å². The van der Waals surface area contributed by atoms with Gasteiger partial charge in [-0.3, -0.25) is 4.40 Å². The van der Waals surface area contributed by atoms with E-state index in [1.54, 1.807) is 6.20 Å². The maximum atomic E-state index is 6.32. The van der Waals surface area contributed by atoms with Crippen LogP contribution in [-0.4, -0.2) is 39.4 Å². The summed E-state index contributed by atoms with van der Waals surface area (Å²) in [4.78, 5) is 11.8. The summed E-state index contributed by atoms with van der Waals surface area (Å²) in [5.74, 6) is 2.80. The zero-order valence-corrected chi connectivity index (χ0v) is 17.7. The molecule has 158 valence electrons. The van der Waals surface area contributed by atoms with Crippen molar-refractivity contribution in [1.82, 2.24) is 19.3 Å². The Morgan fingerprint density at radius 3 is 2.68 bits per heavy atom. The van der Waals surface area contributed by atoms with Gasteiger partial charge in [0.2, 0.25) is 0 Å². The second-order valence-electron chi connectivity index (χ2n) is 8.23. The molecule has 2 aromatic carbocycles. The molecule has 31 heavy (non-hydrogen) atoms. The molecule has 1 aliphatic rings. The Morgan fingerprint density at radius 1 is 1.06 bits per heavy atom. The quantitative estimate of drug-likeness (QED) is 0.526. The third-order valence-electron chi connectivity index (χ3n) is 6.05. The average molecular weight is 414 g/mol. The molecule has 1 fully saturated rings. The Balaban J connectivity index is 1.50. The minimum atomic E-state index is 0.414. The molecule has 1 saturated heterocycles. The van der Waals surface area contributed by atoms with Crippen molar-refractivity contribution in [3.8, 4) is 17.0 Å². The van der Waals surface area contributed by atoms with Crippen molar-refractivity contribution in [2.75, 3.05) is 25.9 Å². The van der Waals surface area contributed by atoms with E-state index in [1.807, 2.05) is 42.6 Å². The highest BCUT2D eigenvalue weighted by molar-refractivity contribution is 5.85. The summed E-state index contributed by atoms with van der Waals surface area (Å²) in [6.07, 6.45) is 5.92. The van der Waals surface area contributed by atoms with Gasteiger partial charge in [0.15, 0.2) is 0 Å². The topological polar surface area (TPSA) is 68.7 Å². The number of nitrogens with zero attached hydrogens (tertiary/aromatic N) is 4. The van der Waals surface area contributed by atoms with Crippen molar-refractivity contribution < 1.29 is 4.74 Å². The second-order valence-corrected chi connectivity index (χ2v) is 8.23. The Bertz CT molecular complexity index is 1180. The van der Waals surface area contributed by atoms with Crippen LogP contribution in [0.3, 0.4) is 0 Å². The van der Waals surface area contributed by atoms with Crippen molar-refractivity contribution in [2.24, 2.45) is 0 Å². The first kappa shape index (κ1) is 19.6. The van der Waals surface area contributed by atoms with Gasteiger partial charge >= 0.3 is 0 Å². The minimum Gasteiger partial charge on any atom is -0.489 e. The van der Waals surface area contributed by atoms with Crippen LogP contribution in [-0.2, 0) is 6.61 Å². The SMILES string of the molecule is CN1CCC(c2nc(-c3cccc(OCc4ccccc4)c3)c3c(N)nccn23)CC1. The largest absolute Gasteiger partial charge is 0.489 e. The number of piperidine rings is 1. The molecule has 0 atom stereocenters. The van der Waals surface area contributed by atoms with E-state index in [1.165, 1.54) is 0 Å². The third-order valence-corrected chi connectivity index (χ3v) is 6.05. The fraction of sp³-hybridized carbons (Fsp3) is 0.280. The summed E-state index contributed by atoms with van der Waals surface area (Å²) in [6, 6.07) is 18.2. The number of nitrogen functional groups attached to an aromatic ring is 1. The molecule has 3 heterocycles. The van der Waals surface area contributed by atoms with Crippen molar-refractivity contribution >= 4 is 11.3 Å². The van der Waals surface area contributed by atoms with Gasteiger partial charge in [-0.05, 0) is 50.7 Å². The van der Waals surface area contributed by atoms with Gasteiger partial charge in [0.25, 0.3) is 0 Å². The van der Waals surface area contributed by atoms with Crippen LogP contribution >= 0.6 is 0 Å². The van der Waals surface area contributed by atoms with Crippen molar-refractivity contribution in [1.29, 1.82) is 0 Å². The Kier molecular flexibility index (Phi) is 5.30. The third kappa shape index (κ3) is 3.99. The lowest BCUT2D eigenvalue weighted by atomic mass is 9.96. The lowest BCUT2D eigenvalue weighted by molar-refractivity contribution is 0.251. The summed E-state index contributed by atoms with van der Waals surface area (Å²) in [5.41, 5.74) is 10.2. The highest BCUT2D eigenvalue weighted by Crippen LogP contribution is 2.35. The molecule has 6 nitrogen and oxygen atoms in total. The molecule has 5 rings (SSSR count). The molecule has 2 N–H and O–H groups in total. The van der Waals surface area contributed by atoms with Crippen LogP contribution in [0.5, 0.6) is 5.75 Å². The predicted octanol–water partition coefficient (Wildman–Crippen LogP) is 4.37. The molecule has 0 aliphatic carbocycles. The van der Waals surface area contributed by atoms with Crippen LogP contribution in [0, 0.1) is 0 Å². The van der Waals surface area contributed by atoms with Crippen LogP contribution in [0.4, 0.5) is 5.82 Å². The summed E-state index contributed by atoms with van der Waals surface area (Å²) in [7, 11) is 2.17. The number of hydrogen-bond donors (Lipinski definition) is 1. The van der Waals surface area contributed by atoms with Crippen molar-refractivity contribution in [3.63, 3.8) is 0 Å². The molecule has 0 spiro atoms. The molecular formula is C25H27N5O. The summed E-state index contributed by atoms with van der Waals surface area (Å²) in [6.45, 7) is 2.69. The number of likely N-dealkylation sites (tertiary alicyclic amines) is 1. The van der Waals surface area contributed by atoms with Gasteiger partial charge < -0.3 is 15.4 Å². The first-order valence-electron chi connectivity index (χ1n) is 10.8. The maximum Gasteiger partial charge on any atom is 0.150 e. The van der Waals surface area contributed by atoms with E-state index < -0.39 is 0 Å². The molecule has 2 aromatic heterocycles. The van der Waals surface area contributed by atoms with Gasteiger partial charge in [-0.25, -0.2) is 9.97 Å². The molecular weight excluding hydrogens is 386 g/mol. The average Bonchev–Trinajstić information content (AvgIpc) is 3.20. The Labute approximate surface area is 182 Å². The van der Waals surface area contributed by atoms with Gasteiger partial charge in [0, 0.05) is 23.9 Å². The monoisotopic (exact) mass is 413 g/mol. The Morgan fingerprint density at radius 2 is 1.87 bits per heavy atom. The summed E-state index contributed by atoms with van der Waals surface area (Å²) in [5, 5.41) is 0. The lowest BCUT2D eigenvalue weighted by Gasteiger charge is -2.28. The van der Waals surface area contributed by atoms with Gasteiger partial charge in [-0.2, -0.15) is 0 Å². The fourth-order valence-corrected chi connectivity index (χ4v) is 4.32. The van der Waals surface area contributed by atoms with E-state index in [0.717, 1.165) is 59.8 Å². The van der Waals surface area contributed by atoms with E-state index in [-0.39, 0.29) is 0 Å². The number of benzene rings is 2. The van der Waals surface area contributed by atoms with Gasteiger partial charge in [0.1, 0.15) is 35.2 Å². The first-order valence-corrected chi connectivity index (χ1v) is 10.8. The smallest absolute Gasteiger partial charge is 0.150 e. The molecule has 0 amide bonds. The number of hydrogen-bond acceptors (Lipinski definition) is 5.